The number of carbonyl (C=O) groups excluding carboxylic acids is 1. The predicted octanol–water partition coefficient (Wildman–Crippen LogP) is 2.70. The molecule has 0 spiro atoms. The highest BCUT2D eigenvalue weighted by Gasteiger charge is 2.16. The Labute approximate surface area is 132 Å². The van der Waals surface area contributed by atoms with E-state index < -0.39 is 10.8 Å². The van der Waals surface area contributed by atoms with Crippen molar-refractivity contribution in [3.8, 4) is 0 Å². The lowest BCUT2D eigenvalue weighted by Gasteiger charge is -2.06. The van der Waals surface area contributed by atoms with E-state index in [0.29, 0.717) is 0 Å². The molecule has 1 aromatic heterocycles. The molecule has 0 aliphatic rings. The number of carbonyl (C=O) groups is 1. The number of nitro groups is 1. The molecule has 0 aliphatic carbocycles. The van der Waals surface area contributed by atoms with Crippen LogP contribution in [0.1, 0.15) is 28.5 Å². The van der Waals surface area contributed by atoms with E-state index in [-0.39, 0.29) is 22.8 Å². The highest BCUT2D eigenvalue weighted by molar-refractivity contribution is 6.33. The van der Waals surface area contributed by atoms with Gasteiger partial charge >= 0.3 is 0 Å². The number of aromatic nitrogens is 2. The number of aryl methyl sites for hydroxylation is 2. The van der Waals surface area contributed by atoms with Crippen LogP contribution in [0.15, 0.2) is 24.4 Å². The van der Waals surface area contributed by atoms with E-state index in [1.165, 1.54) is 18.2 Å². The van der Waals surface area contributed by atoms with Gasteiger partial charge in [0.15, 0.2) is 0 Å². The third-order valence-corrected chi connectivity index (χ3v) is 3.55. The van der Waals surface area contributed by atoms with Crippen molar-refractivity contribution in [1.82, 2.24) is 15.1 Å². The molecule has 8 heteroatoms. The van der Waals surface area contributed by atoms with Crippen molar-refractivity contribution in [2.45, 2.75) is 26.9 Å². The summed E-state index contributed by atoms with van der Waals surface area (Å²) in [6.07, 6.45) is 1.85. The minimum Gasteiger partial charge on any atom is -0.348 e. The van der Waals surface area contributed by atoms with Crippen molar-refractivity contribution in [2.75, 3.05) is 0 Å². The average molecular weight is 323 g/mol. The van der Waals surface area contributed by atoms with Crippen LogP contribution in [0.25, 0.3) is 0 Å². The van der Waals surface area contributed by atoms with Gasteiger partial charge in [0.2, 0.25) is 0 Å². The van der Waals surface area contributed by atoms with Gasteiger partial charge in [-0.3, -0.25) is 19.6 Å². The summed E-state index contributed by atoms with van der Waals surface area (Å²) in [5.41, 5.74) is 1.62. The molecule has 22 heavy (non-hydrogen) atoms. The standard InChI is InChI=1S/C14H15ClN4O3/c1-3-18-8-10(9(2)17-18)7-16-14(20)12-6-11(19(21)22)4-5-13(12)15/h4-6,8H,3,7H2,1-2H3,(H,16,20). The quantitative estimate of drug-likeness (QED) is 0.677. The van der Waals surface area contributed by atoms with Gasteiger partial charge in [0.1, 0.15) is 0 Å². The average Bonchev–Trinajstić information content (AvgIpc) is 2.85. The van der Waals surface area contributed by atoms with Crippen LogP contribution in [0.5, 0.6) is 0 Å². The van der Waals surface area contributed by atoms with Gasteiger partial charge in [-0.1, -0.05) is 11.6 Å². The predicted molar refractivity (Wildman–Crippen MR) is 81.9 cm³/mol. The van der Waals surface area contributed by atoms with Crippen molar-refractivity contribution in [2.24, 2.45) is 0 Å². The molecule has 0 atom stereocenters. The molecule has 7 nitrogen and oxygen atoms in total. The number of amides is 1. The maximum Gasteiger partial charge on any atom is 0.270 e. The Hall–Kier alpha value is -2.41. The first-order valence-corrected chi connectivity index (χ1v) is 7.05. The normalized spacial score (nSPS) is 10.5. The Kier molecular flexibility index (Phi) is 4.77. The molecule has 1 amide bonds. The van der Waals surface area contributed by atoms with Crippen LogP contribution in [0.3, 0.4) is 0 Å². The van der Waals surface area contributed by atoms with Crippen LogP contribution < -0.4 is 5.32 Å². The zero-order valence-electron chi connectivity index (χ0n) is 12.2. The number of hydrogen-bond donors (Lipinski definition) is 1. The van der Waals surface area contributed by atoms with Gasteiger partial charge in [-0.15, -0.1) is 0 Å². The Balaban J connectivity index is 2.13. The van der Waals surface area contributed by atoms with Gasteiger partial charge < -0.3 is 5.32 Å². The van der Waals surface area contributed by atoms with Gasteiger partial charge in [0, 0.05) is 37.0 Å². The zero-order chi connectivity index (χ0) is 16.3. The highest BCUT2D eigenvalue weighted by Crippen LogP contribution is 2.22. The van der Waals surface area contributed by atoms with E-state index in [1.54, 1.807) is 4.68 Å². The molecule has 2 rings (SSSR count). The fraction of sp³-hybridized carbons (Fsp3) is 0.286. The Morgan fingerprint density at radius 2 is 2.23 bits per heavy atom. The van der Waals surface area contributed by atoms with Gasteiger partial charge in [0.05, 0.1) is 21.2 Å². The van der Waals surface area contributed by atoms with E-state index in [9.17, 15) is 14.9 Å². The van der Waals surface area contributed by atoms with E-state index in [0.717, 1.165) is 17.8 Å². The molecule has 2 aromatic rings. The summed E-state index contributed by atoms with van der Waals surface area (Å²) in [6, 6.07) is 3.77. The molecular weight excluding hydrogens is 308 g/mol. The second-order valence-corrected chi connectivity index (χ2v) is 5.11. The van der Waals surface area contributed by atoms with Crippen molar-refractivity contribution in [1.29, 1.82) is 0 Å². The molecule has 0 bridgehead atoms. The summed E-state index contributed by atoms with van der Waals surface area (Å²) in [6.45, 7) is 4.85. The molecule has 0 fully saturated rings. The summed E-state index contributed by atoms with van der Waals surface area (Å²) < 4.78 is 1.77. The lowest BCUT2D eigenvalue weighted by atomic mass is 10.2. The first-order valence-electron chi connectivity index (χ1n) is 6.67. The van der Waals surface area contributed by atoms with E-state index >= 15 is 0 Å². The van der Waals surface area contributed by atoms with Crippen molar-refractivity contribution >= 4 is 23.2 Å². The van der Waals surface area contributed by atoms with Crippen LogP contribution in [0, 0.1) is 17.0 Å². The zero-order valence-corrected chi connectivity index (χ0v) is 12.9. The molecule has 0 radical (unpaired) electrons. The Morgan fingerprint density at radius 3 is 2.82 bits per heavy atom. The van der Waals surface area contributed by atoms with Gasteiger partial charge in [0.25, 0.3) is 11.6 Å². The topological polar surface area (TPSA) is 90.1 Å². The summed E-state index contributed by atoms with van der Waals surface area (Å²) in [4.78, 5) is 22.4. The smallest absolute Gasteiger partial charge is 0.270 e. The van der Waals surface area contributed by atoms with Gasteiger partial charge in [-0.05, 0) is 19.9 Å². The summed E-state index contributed by atoms with van der Waals surface area (Å²) in [7, 11) is 0. The third-order valence-electron chi connectivity index (χ3n) is 3.22. The maximum atomic E-state index is 12.2. The van der Waals surface area contributed by atoms with Crippen molar-refractivity contribution < 1.29 is 9.72 Å². The van der Waals surface area contributed by atoms with Gasteiger partial charge in [-0.25, -0.2) is 0 Å². The maximum absolute atomic E-state index is 12.2. The molecule has 0 saturated heterocycles. The number of nitro benzene ring substituents is 1. The number of hydrogen-bond acceptors (Lipinski definition) is 4. The molecule has 116 valence electrons. The molecule has 1 aromatic carbocycles. The minimum absolute atomic E-state index is 0.0800. The van der Waals surface area contributed by atoms with E-state index in [4.69, 9.17) is 11.6 Å². The summed E-state index contributed by atoms with van der Waals surface area (Å²) in [5.74, 6) is -0.461. The number of benzene rings is 1. The molecular formula is C14H15ClN4O3. The van der Waals surface area contributed by atoms with Crippen LogP contribution in [-0.4, -0.2) is 20.6 Å². The van der Waals surface area contributed by atoms with Crippen molar-refractivity contribution in [3.63, 3.8) is 0 Å². The Bertz CT molecular complexity index is 727. The fourth-order valence-corrected chi connectivity index (χ4v) is 2.17. The summed E-state index contributed by atoms with van der Waals surface area (Å²) >= 11 is 5.94. The minimum atomic E-state index is -0.567. The van der Waals surface area contributed by atoms with Crippen LogP contribution >= 0.6 is 11.6 Å². The van der Waals surface area contributed by atoms with Crippen molar-refractivity contribution in [3.05, 3.63) is 56.4 Å². The van der Waals surface area contributed by atoms with E-state index in [1.807, 2.05) is 20.0 Å². The van der Waals surface area contributed by atoms with E-state index in [2.05, 4.69) is 10.4 Å². The molecule has 0 unspecified atom stereocenters. The monoisotopic (exact) mass is 322 g/mol. The van der Waals surface area contributed by atoms with Crippen LogP contribution in [0.2, 0.25) is 5.02 Å². The van der Waals surface area contributed by atoms with Crippen LogP contribution in [-0.2, 0) is 13.1 Å². The first-order chi connectivity index (χ1) is 10.4. The molecule has 0 aliphatic heterocycles. The number of halogens is 1. The SMILES string of the molecule is CCn1cc(CNC(=O)c2cc([N+](=O)[O-])ccc2Cl)c(C)n1. The first kappa shape index (κ1) is 16.0. The second kappa shape index (κ2) is 6.57. The molecule has 0 saturated carbocycles. The number of nitrogens with one attached hydrogen (secondary N) is 1. The van der Waals surface area contributed by atoms with Gasteiger partial charge in [-0.2, -0.15) is 5.10 Å². The van der Waals surface area contributed by atoms with Crippen LogP contribution in [0.4, 0.5) is 5.69 Å². The highest BCUT2D eigenvalue weighted by atomic mass is 35.5. The lowest BCUT2D eigenvalue weighted by Crippen LogP contribution is -2.23. The molecule has 1 N–H and O–H groups in total. The second-order valence-electron chi connectivity index (χ2n) is 4.70. The fourth-order valence-electron chi connectivity index (χ4n) is 1.97. The third kappa shape index (κ3) is 3.43. The summed E-state index contributed by atoms with van der Waals surface area (Å²) in [5, 5.41) is 17.9. The number of nitrogens with zero attached hydrogens (tertiary/aromatic N) is 3. The number of rotatable bonds is 5. The Morgan fingerprint density at radius 1 is 1.50 bits per heavy atom. The largest absolute Gasteiger partial charge is 0.348 e. The lowest BCUT2D eigenvalue weighted by molar-refractivity contribution is -0.384. The molecule has 1 heterocycles. The number of non-ortho nitro benzene ring substituents is 1.